The molecule has 5 rings (SSSR count). The number of likely N-dealkylation sites (tertiary alicyclic amines) is 2. The van der Waals surface area contributed by atoms with Gasteiger partial charge in [0.25, 0.3) is 0 Å². The highest BCUT2D eigenvalue weighted by Gasteiger charge is 2.31. The van der Waals surface area contributed by atoms with E-state index in [4.69, 9.17) is 0 Å². The second kappa shape index (κ2) is 9.42. The predicted octanol–water partition coefficient (Wildman–Crippen LogP) is 4.81. The van der Waals surface area contributed by atoms with E-state index < -0.39 is 0 Å². The molecule has 0 atom stereocenters. The van der Waals surface area contributed by atoms with E-state index in [1.54, 1.807) is 0 Å². The van der Waals surface area contributed by atoms with Crippen molar-refractivity contribution in [2.45, 2.75) is 39.2 Å². The summed E-state index contributed by atoms with van der Waals surface area (Å²) >= 11 is 0. The highest BCUT2D eigenvalue weighted by Crippen LogP contribution is 2.29. The fourth-order valence-electron chi connectivity index (χ4n) is 5.33. The second-order valence-corrected chi connectivity index (χ2v) is 9.70. The molecule has 1 aromatic heterocycles. The third-order valence-electron chi connectivity index (χ3n) is 7.47. The summed E-state index contributed by atoms with van der Waals surface area (Å²) in [7, 11) is 0. The topological polar surface area (TPSA) is 45.6 Å². The zero-order chi connectivity index (χ0) is 22.8. The van der Waals surface area contributed by atoms with Crippen LogP contribution in [0.15, 0.2) is 60.7 Å². The summed E-state index contributed by atoms with van der Waals surface area (Å²) in [6.45, 7) is 5.70. The van der Waals surface area contributed by atoms with Gasteiger partial charge in [-0.15, -0.1) is 0 Å². The molecular weight excluding hydrogens is 410 g/mol. The molecule has 2 aliphatic heterocycles. The SMILES string of the molecule is CC1CCN(C(=O)C2CCN(C(=O)Cn3c(-c4ccccc4)cc4ccccc43)CC2)CC1. The molecule has 172 valence electrons. The molecule has 5 heteroatoms. The maximum Gasteiger partial charge on any atom is 0.242 e. The number of hydrogen-bond acceptors (Lipinski definition) is 2. The molecule has 2 amide bonds. The van der Waals surface area contributed by atoms with E-state index in [0.717, 1.165) is 66.9 Å². The Morgan fingerprint density at radius 1 is 0.818 bits per heavy atom. The van der Waals surface area contributed by atoms with Gasteiger partial charge in [0, 0.05) is 48.7 Å². The average Bonchev–Trinajstić information content (AvgIpc) is 3.23. The summed E-state index contributed by atoms with van der Waals surface area (Å²) in [4.78, 5) is 30.3. The van der Waals surface area contributed by atoms with Crippen LogP contribution in [-0.4, -0.2) is 52.4 Å². The number of benzene rings is 2. The highest BCUT2D eigenvalue weighted by molar-refractivity contribution is 5.89. The summed E-state index contributed by atoms with van der Waals surface area (Å²) < 4.78 is 2.14. The molecule has 3 heterocycles. The molecule has 0 aliphatic carbocycles. The van der Waals surface area contributed by atoms with Crippen molar-refractivity contribution < 1.29 is 9.59 Å². The van der Waals surface area contributed by atoms with E-state index in [9.17, 15) is 9.59 Å². The molecule has 33 heavy (non-hydrogen) atoms. The lowest BCUT2D eigenvalue weighted by molar-refractivity contribution is -0.141. The summed E-state index contributed by atoms with van der Waals surface area (Å²) in [6.07, 6.45) is 3.76. The van der Waals surface area contributed by atoms with Crippen molar-refractivity contribution in [1.82, 2.24) is 14.4 Å². The van der Waals surface area contributed by atoms with Crippen molar-refractivity contribution >= 4 is 22.7 Å². The number of aromatic nitrogens is 1. The van der Waals surface area contributed by atoms with Crippen molar-refractivity contribution in [3.63, 3.8) is 0 Å². The van der Waals surface area contributed by atoms with Gasteiger partial charge >= 0.3 is 0 Å². The largest absolute Gasteiger partial charge is 0.342 e. The summed E-state index contributed by atoms with van der Waals surface area (Å²) in [6, 6.07) is 20.7. The van der Waals surface area contributed by atoms with Gasteiger partial charge in [-0.2, -0.15) is 0 Å². The molecule has 0 radical (unpaired) electrons. The van der Waals surface area contributed by atoms with Crippen molar-refractivity contribution in [1.29, 1.82) is 0 Å². The quantitative estimate of drug-likeness (QED) is 0.581. The minimum atomic E-state index is 0.0646. The van der Waals surface area contributed by atoms with Gasteiger partial charge in [-0.1, -0.05) is 55.5 Å². The number of carbonyl (C=O) groups excluding carboxylic acids is 2. The molecule has 0 N–H and O–H groups in total. The molecule has 2 aromatic carbocycles. The van der Waals surface area contributed by atoms with Gasteiger partial charge in [0.2, 0.25) is 11.8 Å². The lowest BCUT2D eigenvalue weighted by Gasteiger charge is -2.37. The molecule has 0 spiro atoms. The fourth-order valence-corrected chi connectivity index (χ4v) is 5.33. The van der Waals surface area contributed by atoms with Crippen LogP contribution in [0.25, 0.3) is 22.2 Å². The van der Waals surface area contributed by atoms with Crippen LogP contribution in [0, 0.1) is 11.8 Å². The highest BCUT2D eigenvalue weighted by atomic mass is 16.2. The number of amides is 2. The molecule has 0 bridgehead atoms. The normalized spacial score (nSPS) is 18.1. The number of fused-ring (bicyclic) bond motifs is 1. The lowest BCUT2D eigenvalue weighted by Crippen LogP contribution is -2.47. The monoisotopic (exact) mass is 443 g/mol. The number of hydrogen-bond donors (Lipinski definition) is 0. The molecule has 2 saturated heterocycles. The van der Waals surface area contributed by atoms with Gasteiger partial charge in [0.15, 0.2) is 0 Å². The number of piperidine rings is 2. The van der Waals surface area contributed by atoms with Gasteiger partial charge in [0.05, 0.1) is 0 Å². The molecular formula is C28H33N3O2. The van der Waals surface area contributed by atoms with Crippen LogP contribution in [0.3, 0.4) is 0 Å². The van der Waals surface area contributed by atoms with E-state index in [-0.39, 0.29) is 11.8 Å². The summed E-state index contributed by atoms with van der Waals surface area (Å²) in [5, 5.41) is 1.14. The minimum Gasteiger partial charge on any atom is -0.342 e. The number of para-hydroxylation sites is 1. The Morgan fingerprint density at radius 3 is 2.18 bits per heavy atom. The standard InChI is InChI=1S/C28H33N3O2/c1-21-11-15-30(16-12-21)28(33)23-13-17-29(18-14-23)27(32)20-31-25-10-6-5-9-24(25)19-26(31)22-7-3-2-4-8-22/h2-10,19,21,23H,11-18,20H2,1H3. The van der Waals surface area contributed by atoms with Gasteiger partial charge < -0.3 is 14.4 Å². The van der Waals surface area contributed by atoms with Gasteiger partial charge in [0.1, 0.15) is 6.54 Å². The smallest absolute Gasteiger partial charge is 0.242 e. The van der Waals surface area contributed by atoms with Crippen LogP contribution >= 0.6 is 0 Å². The summed E-state index contributed by atoms with van der Waals surface area (Å²) in [5.41, 5.74) is 3.25. The van der Waals surface area contributed by atoms with Crippen molar-refractivity contribution in [2.24, 2.45) is 11.8 Å². The van der Waals surface area contributed by atoms with Crippen LogP contribution in [0.2, 0.25) is 0 Å². The number of rotatable bonds is 4. The van der Waals surface area contributed by atoms with Crippen LogP contribution in [-0.2, 0) is 16.1 Å². The van der Waals surface area contributed by atoms with E-state index >= 15 is 0 Å². The molecule has 0 unspecified atom stereocenters. The third-order valence-corrected chi connectivity index (χ3v) is 7.47. The van der Waals surface area contributed by atoms with E-state index in [1.165, 1.54) is 0 Å². The van der Waals surface area contributed by atoms with E-state index in [2.05, 4.69) is 46.7 Å². The second-order valence-electron chi connectivity index (χ2n) is 9.70. The Labute approximate surface area is 196 Å². The molecule has 2 aliphatic rings. The Morgan fingerprint density at radius 2 is 1.45 bits per heavy atom. The Kier molecular flexibility index (Phi) is 6.21. The maximum atomic E-state index is 13.3. The third kappa shape index (κ3) is 4.54. The van der Waals surface area contributed by atoms with Crippen molar-refractivity contribution in [2.75, 3.05) is 26.2 Å². The minimum absolute atomic E-state index is 0.0646. The molecule has 2 fully saturated rings. The average molecular weight is 444 g/mol. The first-order chi connectivity index (χ1) is 16.1. The van der Waals surface area contributed by atoms with Crippen molar-refractivity contribution in [3.8, 4) is 11.3 Å². The Balaban J connectivity index is 1.27. The first-order valence-corrected chi connectivity index (χ1v) is 12.3. The fraction of sp³-hybridized carbons (Fsp3) is 0.429. The van der Waals surface area contributed by atoms with Crippen LogP contribution < -0.4 is 0 Å². The van der Waals surface area contributed by atoms with Crippen LogP contribution in [0.1, 0.15) is 32.6 Å². The van der Waals surface area contributed by atoms with Crippen molar-refractivity contribution in [3.05, 3.63) is 60.7 Å². The number of carbonyl (C=O) groups is 2. The van der Waals surface area contributed by atoms with Gasteiger partial charge in [-0.25, -0.2) is 0 Å². The van der Waals surface area contributed by atoms with Gasteiger partial charge in [-0.3, -0.25) is 9.59 Å². The van der Waals surface area contributed by atoms with Gasteiger partial charge in [-0.05, 0) is 49.3 Å². The Bertz CT molecular complexity index is 1120. The maximum absolute atomic E-state index is 13.3. The van der Waals surface area contributed by atoms with Crippen LogP contribution in [0.5, 0.6) is 0 Å². The zero-order valence-corrected chi connectivity index (χ0v) is 19.5. The lowest BCUT2D eigenvalue weighted by atomic mass is 9.92. The molecule has 3 aromatic rings. The van der Waals surface area contributed by atoms with E-state index in [1.807, 2.05) is 35.2 Å². The summed E-state index contributed by atoms with van der Waals surface area (Å²) in [5.74, 6) is 1.22. The molecule has 0 saturated carbocycles. The molecule has 5 nitrogen and oxygen atoms in total. The zero-order valence-electron chi connectivity index (χ0n) is 19.5. The predicted molar refractivity (Wildman–Crippen MR) is 132 cm³/mol. The van der Waals surface area contributed by atoms with Crippen LogP contribution in [0.4, 0.5) is 0 Å². The van der Waals surface area contributed by atoms with E-state index in [0.29, 0.717) is 25.5 Å². The Hall–Kier alpha value is -3.08. The number of nitrogens with zero attached hydrogens (tertiary/aromatic N) is 3. The first kappa shape index (κ1) is 21.7. The first-order valence-electron chi connectivity index (χ1n) is 12.3.